The van der Waals surface area contributed by atoms with E-state index >= 15 is 0 Å². The number of hydrogen-bond acceptors (Lipinski definition) is 5. The molecular weight excluding hydrogens is 326 g/mol. The van der Waals surface area contributed by atoms with Gasteiger partial charge in [0.1, 0.15) is 11.3 Å². The summed E-state index contributed by atoms with van der Waals surface area (Å²) in [6.07, 6.45) is 1.24. The largest absolute Gasteiger partial charge is 0.508 e. The first-order valence-electron chi connectivity index (χ1n) is 8.07. The van der Waals surface area contributed by atoms with Gasteiger partial charge in [-0.05, 0) is 24.3 Å². The van der Waals surface area contributed by atoms with Crippen LogP contribution in [0.3, 0.4) is 0 Å². The molecule has 7 heteroatoms. The standard InChI is InChI=1S/C18H16F2N4O/c19-18(20)6-9-24(10-7-18)17-15-14(5-2-8-21-15)22-16(23-17)12-3-1-4-13(25)11-12/h1-5,8,11,25H,6-7,9-10H2. The molecule has 0 radical (unpaired) electrons. The number of phenols is 1. The first-order valence-corrected chi connectivity index (χ1v) is 8.07. The summed E-state index contributed by atoms with van der Waals surface area (Å²) in [7, 11) is 0. The van der Waals surface area contributed by atoms with Gasteiger partial charge in [-0.25, -0.2) is 18.7 Å². The van der Waals surface area contributed by atoms with Crippen molar-refractivity contribution in [1.29, 1.82) is 0 Å². The number of aromatic nitrogens is 3. The number of piperidine rings is 1. The SMILES string of the molecule is Oc1cccc(-c2nc(N3CCC(F)(F)CC3)c3ncccc3n2)c1. The first-order chi connectivity index (χ1) is 12.0. The van der Waals surface area contributed by atoms with E-state index in [0.29, 0.717) is 28.2 Å². The van der Waals surface area contributed by atoms with Crippen LogP contribution in [0.25, 0.3) is 22.4 Å². The Morgan fingerprint density at radius 3 is 2.60 bits per heavy atom. The highest BCUT2D eigenvalue weighted by Gasteiger charge is 2.35. The molecule has 0 saturated carbocycles. The highest BCUT2D eigenvalue weighted by Crippen LogP contribution is 2.33. The molecule has 3 aromatic rings. The molecular formula is C18H16F2N4O. The number of alkyl halides is 2. The van der Waals surface area contributed by atoms with Crippen molar-refractivity contribution in [2.75, 3.05) is 18.0 Å². The Balaban J connectivity index is 1.82. The Kier molecular flexibility index (Phi) is 3.71. The number of rotatable bonds is 2. The maximum Gasteiger partial charge on any atom is 0.251 e. The molecule has 0 amide bonds. The average Bonchev–Trinajstić information content (AvgIpc) is 2.61. The lowest BCUT2D eigenvalue weighted by atomic mass is 10.1. The maximum absolute atomic E-state index is 13.5. The van der Waals surface area contributed by atoms with Crippen LogP contribution in [-0.4, -0.2) is 39.1 Å². The molecule has 0 aliphatic carbocycles. The number of benzene rings is 1. The van der Waals surface area contributed by atoms with Gasteiger partial charge in [0, 0.05) is 37.7 Å². The number of phenolic OH excluding ortho intramolecular Hbond substituents is 1. The normalized spacial score (nSPS) is 17.0. The summed E-state index contributed by atoms with van der Waals surface area (Å²) in [6, 6.07) is 10.2. The molecule has 128 valence electrons. The fourth-order valence-electron chi connectivity index (χ4n) is 2.99. The highest BCUT2D eigenvalue weighted by molar-refractivity contribution is 5.87. The van der Waals surface area contributed by atoms with E-state index < -0.39 is 5.92 Å². The first kappa shape index (κ1) is 15.7. The molecule has 1 aliphatic rings. The minimum absolute atomic E-state index is 0.117. The van der Waals surface area contributed by atoms with E-state index in [2.05, 4.69) is 15.0 Å². The van der Waals surface area contributed by atoms with Crippen molar-refractivity contribution in [3.8, 4) is 17.1 Å². The molecule has 25 heavy (non-hydrogen) atoms. The van der Waals surface area contributed by atoms with Crippen molar-refractivity contribution in [3.05, 3.63) is 42.6 Å². The monoisotopic (exact) mass is 342 g/mol. The van der Waals surface area contributed by atoms with E-state index in [-0.39, 0.29) is 31.7 Å². The third-order valence-electron chi connectivity index (χ3n) is 4.34. The molecule has 1 saturated heterocycles. The Morgan fingerprint density at radius 1 is 1.04 bits per heavy atom. The van der Waals surface area contributed by atoms with E-state index in [4.69, 9.17) is 0 Å². The highest BCUT2D eigenvalue weighted by atomic mass is 19.3. The fraction of sp³-hybridized carbons (Fsp3) is 0.278. The fourth-order valence-corrected chi connectivity index (χ4v) is 2.99. The minimum Gasteiger partial charge on any atom is -0.508 e. The van der Waals surface area contributed by atoms with E-state index in [0.717, 1.165) is 0 Å². The van der Waals surface area contributed by atoms with Crippen molar-refractivity contribution in [1.82, 2.24) is 15.0 Å². The van der Waals surface area contributed by atoms with Crippen LogP contribution in [0.4, 0.5) is 14.6 Å². The van der Waals surface area contributed by atoms with Gasteiger partial charge in [0.05, 0.1) is 5.52 Å². The molecule has 1 aromatic carbocycles. The van der Waals surface area contributed by atoms with Gasteiger partial charge in [-0.15, -0.1) is 0 Å². The van der Waals surface area contributed by atoms with Gasteiger partial charge in [-0.3, -0.25) is 4.98 Å². The van der Waals surface area contributed by atoms with Crippen LogP contribution < -0.4 is 4.90 Å². The Bertz CT molecular complexity index is 922. The topological polar surface area (TPSA) is 62.1 Å². The Morgan fingerprint density at radius 2 is 1.84 bits per heavy atom. The lowest BCUT2D eigenvalue weighted by Gasteiger charge is -2.32. The molecule has 0 unspecified atom stereocenters. The predicted molar refractivity (Wildman–Crippen MR) is 90.8 cm³/mol. The number of hydrogen-bond donors (Lipinski definition) is 1. The number of aromatic hydroxyl groups is 1. The lowest BCUT2D eigenvalue weighted by Crippen LogP contribution is -2.40. The van der Waals surface area contributed by atoms with Gasteiger partial charge in [0.2, 0.25) is 0 Å². The summed E-state index contributed by atoms with van der Waals surface area (Å²) in [4.78, 5) is 15.3. The van der Waals surface area contributed by atoms with Crippen LogP contribution in [0, 0.1) is 0 Å². The molecule has 1 aliphatic heterocycles. The molecule has 4 rings (SSSR count). The second-order valence-electron chi connectivity index (χ2n) is 6.14. The van der Waals surface area contributed by atoms with Crippen LogP contribution in [0.15, 0.2) is 42.6 Å². The van der Waals surface area contributed by atoms with Crippen LogP contribution in [0.2, 0.25) is 0 Å². The summed E-state index contributed by atoms with van der Waals surface area (Å²) in [5.41, 5.74) is 1.90. The Labute approximate surface area is 143 Å². The molecule has 3 heterocycles. The molecule has 2 aromatic heterocycles. The van der Waals surface area contributed by atoms with Gasteiger partial charge in [-0.1, -0.05) is 12.1 Å². The van der Waals surface area contributed by atoms with Gasteiger partial charge < -0.3 is 10.0 Å². The summed E-state index contributed by atoms with van der Waals surface area (Å²) in [5, 5.41) is 9.70. The zero-order valence-electron chi connectivity index (χ0n) is 13.4. The van der Waals surface area contributed by atoms with Crippen LogP contribution >= 0.6 is 0 Å². The maximum atomic E-state index is 13.5. The molecule has 1 fully saturated rings. The van der Waals surface area contributed by atoms with Crippen LogP contribution in [0.5, 0.6) is 5.75 Å². The number of pyridine rings is 1. The summed E-state index contributed by atoms with van der Waals surface area (Å²) < 4.78 is 27.0. The van der Waals surface area contributed by atoms with Crippen LogP contribution in [0.1, 0.15) is 12.8 Å². The number of fused-ring (bicyclic) bond motifs is 1. The van der Waals surface area contributed by atoms with Crippen molar-refractivity contribution >= 4 is 16.9 Å². The van der Waals surface area contributed by atoms with Crippen LogP contribution in [-0.2, 0) is 0 Å². The third kappa shape index (κ3) is 3.09. The second kappa shape index (κ2) is 5.91. The number of halogens is 2. The number of nitrogens with zero attached hydrogens (tertiary/aromatic N) is 4. The van der Waals surface area contributed by atoms with Gasteiger partial charge in [-0.2, -0.15) is 0 Å². The van der Waals surface area contributed by atoms with Crippen molar-refractivity contribution in [2.24, 2.45) is 0 Å². The third-order valence-corrected chi connectivity index (χ3v) is 4.34. The quantitative estimate of drug-likeness (QED) is 0.770. The molecule has 1 N–H and O–H groups in total. The zero-order valence-corrected chi connectivity index (χ0v) is 13.4. The average molecular weight is 342 g/mol. The second-order valence-corrected chi connectivity index (χ2v) is 6.14. The van der Waals surface area contributed by atoms with E-state index in [1.807, 2.05) is 11.0 Å². The smallest absolute Gasteiger partial charge is 0.251 e. The lowest BCUT2D eigenvalue weighted by molar-refractivity contribution is -0.0221. The van der Waals surface area contributed by atoms with Crippen molar-refractivity contribution in [3.63, 3.8) is 0 Å². The Hall–Kier alpha value is -2.83. The molecule has 5 nitrogen and oxygen atoms in total. The van der Waals surface area contributed by atoms with Gasteiger partial charge >= 0.3 is 0 Å². The van der Waals surface area contributed by atoms with E-state index in [9.17, 15) is 13.9 Å². The summed E-state index contributed by atoms with van der Waals surface area (Å²) in [6.45, 7) is 0.435. The molecule has 0 atom stereocenters. The predicted octanol–water partition coefficient (Wildman–Crippen LogP) is 3.63. The van der Waals surface area contributed by atoms with Gasteiger partial charge in [0.25, 0.3) is 5.92 Å². The number of anilines is 1. The van der Waals surface area contributed by atoms with Crippen molar-refractivity contribution in [2.45, 2.75) is 18.8 Å². The zero-order chi connectivity index (χ0) is 17.4. The summed E-state index contributed by atoms with van der Waals surface area (Å²) >= 11 is 0. The van der Waals surface area contributed by atoms with Crippen molar-refractivity contribution < 1.29 is 13.9 Å². The summed E-state index contributed by atoms with van der Waals surface area (Å²) in [5.74, 6) is -1.52. The molecule has 0 bridgehead atoms. The van der Waals surface area contributed by atoms with E-state index in [1.165, 1.54) is 0 Å². The minimum atomic E-state index is -2.62. The molecule has 0 spiro atoms. The van der Waals surface area contributed by atoms with E-state index in [1.54, 1.807) is 36.5 Å². The van der Waals surface area contributed by atoms with Gasteiger partial charge in [0.15, 0.2) is 11.6 Å².